The molecular formula is C20H27N3O2S2. The van der Waals surface area contributed by atoms with Gasteiger partial charge in [-0.3, -0.25) is 14.2 Å². The lowest BCUT2D eigenvalue weighted by Crippen LogP contribution is -2.44. The summed E-state index contributed by atoms with van der Waals surface area (Å²) in [5.41, 5.74) is 1.23. The number of hydrogen-bond acceptors (Lipinski definition) is 5. The van der Waals surface area contributed by atoms with E-state index in [9.17, 15) is 9.59 Å². The van der Waals surface area contributed by atoms with Crippen molar-refractivity contribution in [3.63, 3.8) is 0 Å². The normalized spacial score (nSPS) is 23.4. The maximum atomic E-state index is 12.9. The third-order valence-electron chi connectivity index (χ3n) is 6.00. The Morgan fingerprint density at radius 1 is 1.30 bits per heavy atom. The van der Waals surface area contributed by atoms with Crippen LogP contribution >= 0.6 is 23.1 Å². The lowest BCUT2D eigenvalue weighted by Gasteiger charge is -2.30. The van der Waals surface area contributed by atoms with Crippen LogP contribution in [0.3, 0.4) is 0 Å². The molecule has 1 amide bonds. The van der Waals surface area contributed by atoms with Gasteiger partial charge in [0.15, 0.2) is 5.16 Å². The summed E-state index contributed by atoms with van der Waals surface area (Å²) in [5, 5.41) is 4.37. The Balaban J connectivity index is 1.53. The molecule has 0 saturated heterocycles. The van der Waals surface area contributed by atoms with E-state index in [2.05, 4.69) is 12.2 Å². The van der Waals surface area contributed by atoms with Crippen molar-refractivity contribution in [3.8, 4) is 0 Å². The molecule has 7 heteroatoms. The predicted molar refractivity (Wildman–Crippen MR) is 112 cm³/mol. The van der Waals surface area contributed by atoms with Crippen LogP contribution in [0.2, 0.25) is 0 Å². The highest BCUT2D eigenvalue weighted by molar-refractivity contribution is 8.00. The Labute approximate surface area is 167 Å². The number of thiophene rings is 1. The standard InChI is InChI=1S/C20H27N3O2S2/c1-11-7-4-5-9-14(11)21-17(24)12(2)26-20-22-18-16(19(25)23(20)3)13-8-6-10-15(13)27-18/h11-12,14H,4-10H2,1-3H3,(H,21,24)/t11-,12-,14-/m1/s1. The van der Waals surface area contributed by atoms with Gasteiger partial charge in [0.05, 0.1) is 10.6 Å². The summed E-state index contributed by atoms with van der Waals surface area (Å²) in [6.45, 7) is 4.12. The average molecular weight is 406 g/mol. The van der Waals surface area contributed by atoms with Crippen molar-refractivity contribution in [2.75, 3.05) is 0 Å². The van der Waals surface area contributed by atoms with E-state index in [4.69, 9.17) is 4.98 Å². The summed E-state index contributed by atoms with van der Waals surface area (Å²) < 4.78 is 1.62. The fourth-order valence-electron chi connectivity index (χ4n) is 4.25. The van der Waals surface area contributed by atoms with Crippen LogP contribution in [0.5, 0.6) is 0 Å². The van der Waals surface area contributed by atoms with Crippen molar-refractivity contribution in [2.45, 2.75) is 75.2 Å². The summed E-state index contributed by atoms with van der Waals surface area (Å²) >= 11 is 3.03. The highest BCUT2D eigenvalue weighted by Gasteiger charge is 2.27. The minimum Gasteiger partial charge on any atom is -0.352 e. The van der Waals surface area contributed by atoms with Crippen molar-refractivity contribution in [2.24, 2.45) is 13.0 Å². The van der Waals surface area contributed by atoms with Gasteiger partial charge in [-0.1, -0.05) is 31.5 Å². The van der Waals surface area contributed by atoms with Crippen molar-refractivity contribution in [1.82, 2.24) is 14.9 Å². The summed E-state index contributed by atoms with van der Waals surface area (Å²) in [6.07, 6.45) is 7.86. The first-order valence-corrected chi connectivity index (χ1v) is 11.6. The molecule has 0 aromatic carbocycles. The number of nitrogens with one attached hydrogen (secondary N) is 1. The molecule has 5 nitrogen and oxygen atoms in total. The zero-order valence-corrected chi connectivity index (χ0v) is 17.8. The number of carbonyl (C=O) groups is 1. The van der Waals surface area contributed by atoms with Crippen LogP contribution in [0, 0.1) is 5.92 Å². The minimum atomic E-state index is -0.276. The van der Waals surface area contributed by atoms with Gasteiger partial charge in [-0.05, 0) is 50.5 Å². The maximum Gasteiger partial charge on any atom is 0.262 e. The van der Waals surface area contributed by atoms with Crippen molar-refractivity contribution >= 4 is 39.2 Å². The second-order valence-electron chi connectivity index (χ2n) is 7.93. The zero-order chi connectivity index (χ0) is 19.1. The van der Waals surface area contributed by atoms with E-state index in [0.29, 0.717) is 11.1 Å². The molecule has 1 saturated carbocycles. The van der Waals surface area contributed by atoms with Crippen LogP contribution in [0.4, 0.5) is 0 Å². The molecule has 1 N–H and O–H groups in total. The molecule has 0 spiro atoms. The number of thioether (sulfide) groups is 1. The van der Waals surface area contributed by atoms with Gasteiger partial charge in [-0.25, -0.2) is 4.98 Å². The fraction of sp³-hybridized carbons (Fsp3) is 0.650. The Morgan fingerprint density at radius 3 is 2.85 bits per heavy atom. The molecule has 4 rings (SSSR count). The van der Waals surface area contributed by atoms with Crippen LogP contribution in [-0.4, -0.2) is 26.8 Å². The number of amides is 1. The molecular weight excluding hydrogens is 378 g/mol. The largest absolute Gasteiger partial charge is 0.352 e. The molecule has 0 radical (unpaired) electrons. The summed E-state index contributed by atoms with van der Waals surface area (Å²) in [7, 11) is 1.77. The van der Waals surface area contributed by atoms with Gasteiger partial charge in [-0.2, -0.15) is 0 Å². The van der Waals surface area contributed by atoms with Crippen molar-refractivity contribution in [1.29, 1.82) is 0 Å². The molecule has 27 heavy (non-hydrogen) atoms. The van der Waals surface area contributed by atoms with Gasteiger partial charge >= 0.3 is 0 Å². The number of rotatable bonds is 4. The lowest BCUT2D eigenvalue weighted by atomic mass is 9.86. The minimum absolute atomic E-state index is 0.0235. The van der Waals surface area contributed by atoms with Gasteiger partial charge in [0.25, 0.3) is 5.56 Å². The number of fused-ring (bicyclic) bond motifs is 3. The first-order chi connectivity index (χ1) is 13.0. The van der Waals surface area contributed by atoms with E-state index in [1.807, 2.05) is 6.92 Å². The topological polar surface area (TPSA) is 64.0 Å². The number of aromatic nitrogens is 2. The summed E-state index contributed by atoms with van der Waals surface area (Å²) in [5.74, 6) is 0.578. The molecule has 0 unspecified atom stereocenters. The van der Waals surface area contributed by atoms with Crippen molar-refractivity contribution < 1.29 is 4.79 Å². The second-order valence-corrected chi connectivity index (χ2v) is 10.3. The third kappa shape index (κ3) is 3.56. The monoisotopic (exact) mass is 405 g/mol. The molecule has 2 aliphatic rings. The van der Waals surface area contributed by atoms with Crippen molar-refractivity contribution in [3.05, 3.63) is 20.8 Å². The maximum absolute atomic E-state index is 12.9. The number of nitrogens with zero attached hydrogens (tertiary/aromatic N) is 2. The predicted octanol–water partition coefficient (Wildman–Crippen LogP) is 3.66. The Hall–Kier alpha value is -1.34. The summed E-state index contributed by atoms with van der Waals surface area (Å²) in [6, 6.07) is 0.272. The molecule has 2 aliphatic carbocycles. The highest BCUT2D eigenvalue weighted by atomic mass is 32.2. The number of aryl methyl sites for hydroxylation is 2. The van der Waals surface area contributed by atoms with Gasteiger partial charge in [-0.15, -0.1) is 11.3 Å². The fourth-order valence-corrected chi connectivity index (χ4v) is 6.44. The zero-order valence-electron chi connectivity index (χ0n) is 16.2. The van der Waals surface area contributed by atoms with Crippen LogP contribution in [0.25, 0.3) is 10.2 Å². The van der Waals surface area contributed by atoms with E-state index in [-0.39, 0.29) is 22.8 Å². The average Bonchev–Trinajstić information content (AvgIpc) is 3.22. The molecule has 1 fully saturated rings. The van der Waals surface area contributed by atoms with Crippen LogP contribution in [0.1, 0.15) is 56.4 Å². The van der Waals surface area contributed by atoms with E-state index >= 15 is 0 Å². The van der Waals surface area contributed by atoms with E-state index < -0.39 is 0 Å². The Bertz CT molecular complexity index is 933. The van der Waals surface area contributed by atoms with E-state index in [0.717, 1.165) is 35.9 Å². The van der Waals surface area contributed by atoms with Gasteiger partial charge < -0.3 is 5.32 Å². The molecule has 3 atom stereocenters. The first kappa shape index (κ1) is 19.0. The van der Waals surface area contributed by atoms with Crippen LogP contribution < -0.4 is 10.9 Å². The third-order valence-corrected chi connectivity index (χ3v) is 8.33. The van der Waals surface area contributed by atoms with E-state index in [1.165, 1.54) is 41.5 Å². The molecule has 0 aliphatic heterocycles. The summed E-state index contributed by atoms with van der Waals surface area (Å²) in [4.78, 5) is 32.5. The Morgan fingerprint density at radius 2 is 2.07 bits per heavy atom. The molecule has 0 bridgehead atoms. The quantitative estimate of drug-likeness (QED) is 0.623. The van der Waals surface area contributed by atoms with Gasteiger partial charge in [0.2, 0.25) is 5.91 Å². The highest BCUT2D eigenvalue weighted by Crippen LogP contribution is 2.36. The number of hydrogen-bond donors (Lipinski definition) is 1. The molecule has 2 aromatic heterocycles. The smallest absolute Gasteiger partial charge is 0.262 e. The lowest BCUT2D eigenvalue weighted by molar-refractivity contribution is -0.121. The molecule has 146 valence electrons. The van der Waals surface area contributed by atoms with Gasteiger partial charge in [0.1, 0.15) is 4.83 Å². The molecule has 2 heterocycles. The number of carbonyl (C=O) groups excluding carboxylic acids is 1. The van der Waals surface area contributed by atoms with E-state index in [1.54, 1.807) is 23.0 Å². The first-order valence-electron chi connectivity index (χ1n) is 9.94. The van der Waals surface area contributed by atoms with Gasteiger partial charge in [0, 0.05) is 18.0 Å². The van der Waals surface area contributed by atoms with Crippen LogP contribution in [0.15, 0.2) is 9.95 Å². The SMILES string of the molecule is C[C@@H]1CCCC[C@H]1NC(=O)[C@@H](C)Sc1nc2sc3c(c2c(=O)n1C)CCC3. The molecule has 2 aromatic rings. The second kappa shape index (κ2) is 7.59. The Kier molecular flexibility index (Phi) is 5.34. The van der Waals surface area contributed by atoms with Crippen LogP contribution in [-0.2, 0) is 24.7 Å².